The smallest absolute Gasteiger partial charge is 0.323 e. The van der Waals surface area contributed by atoms with Crippen LogP contribution in [0.5, 0.6) is 0 Å². The molecule has 0 saturated heterocycles. The summed E-state index contributed by atoms with van der Waals surface area (Å²) in [4.78, 5) is 24.3. The molecule has 0 bridgehead atoms. The van der Waals surface area contributed by atoms with E-state index < -0.39 is 11.9 Å². The maximum atomic E-state index is 12.7. The van der Waals surface area contributed by atoms with Gasteiger partial charge < -0.3 is 21.7 Å². The summed E-state index contributed by atoms with van der Waals surface area (Å²) >= 11 is 0. The summed E-state index contributed by atoms with van der Waals surface area (Å²) in [6, 6.07) is 15.7. The van der Waals surface area contributed by atoms with Crippen LogP contribution in [0.4, 0.5) is 4.79 Å². The molecule has 2 aromatic rings. The third-order valence-electron chi connectivity index (χ3n) is 4.99. The number of rotatable bonds is 3. The van der Waals surface area contributed by atoms with Crippen LogP contribution < -0.4 is 21.7 Å². The van der Waals surface area contributed by atoms with Crippen LogP contribution in [0.3, 0.4) is 0 Å². The lowest BCUT2D eigenvalue weighted by atomic mass is 9.96. The van der Waals surface area contributed by atoms with Crippen molar-refractivity contribution in [1.82, 2.24) is 16.0 Å². The third kappa shape index (κ3) is 3.06. The van der Waals surface area contributed by atoms with Crippen LogP contribution in [0, 0.1) is 0 Å². The molecule has 27 heavy (non-hydrogen) atoms. The van der Waals surface area contributed by atoms with Crippen molar-refractivity contribution < 1.29 is 9.59 Å². The standard InChI is InChI=1S/C21H20N4O2/c1-12-18(22)19(25-21(27)23-12)20(26)24-17-11-10-15-14(8-5-9-16(15)17)13-6-3-2-4-7-13/h2-9,17H,1,10-11,22H2,(H,24,26)(H2,23,25,27)/t17-/m1/s1. The van der Waals surface area contributed by atoms with Crippen LogP contribution in [0.15, 0.2) is 72.2 Å². The predicted molar refractivity (Wildman–Crippen MR) is 103 cm³/mol. The van der Waals surface area contributed by atoms with E-state index in [9.17, 15) is 9.59 Å². The molecule has 1 aliphatic carbocycles. The van der Waals surface area contributed by atoms with Crippen molar-refractivity contribution in [1.29, 1.82) is 0 Å². The van der Waals surface area contributed by atoms with Crippen LogP contribution in [-0.2, 0) is 11.2 Å². The van der Waals surface area contributed by atoms with E-state index in [1.165, 1.54) is 11.1 Å². The number of carbonyl (C=O) groups excluding carboxylic acids is 2. The van der Waals surface area contributed by atoms with E-state index >= 15 is 0 Å². The first-order valence-electron chi connectivity index (χ1n) is 8.79. The molecule has 5 N–H and O–H groups in total. The quantitative estimate of drug-likeness (QED) is 0.677. The van der Waals surface area contributed by atoms with Crippen LogP contribution in [0.25, 0.3) is 11.1 Å². The van der Waals surface area contributed by atoms with Gasteiger partial charge in [0.05, 0.1) is 17.4 Å². The van der Waals surface area contributed by atoms with Gasteiger partial charge in [-0.3, -0.25) is 4.79 Å². The molecule has 0 unspecified atom stereocenters. The SMILES string of the molecule is C=C1NC(=O)NC(C(=O)N[C@@H]2CCc3c(-c4ccccc4)cccc32)=C1N. The number of carbonyl (C=O) groups is 2. The average Bonchev–Trinajstić information content (AvgIpc) is 3.08. The fraction of sp³-hybridized carbons (Fsp3) is 0.143. The van der Waals surface area contributed by atoms with E-state index in [4.69, 9.17) is 5.73 Å². The summed E-state index contributed by atoms with van der Waals surface area (Å²) in [5.74, 6) is -0.411. The van der Waals surface area contributed by atoms with E-state index in [0.717, 1.165) is 24.0 Å². The molecule has 6 heteroatoms. The van der Waals surface area contributed by atoms with Crippen LogP contribution >= 0.6 is 0 Å². The maximum Gasteiger partial charge on any atom is 0.323 e. The van der Waals surface area contributed by atoms with Crippen molar-refractivity contribution in [2.75, 3.05) is 0 Å². The van der Waals surface area contributed by atoms with Crippen molar-refractivity contribution in [2.24, 2.45) is 5.73 Å². The zero-order chi connectivity index (χ0) is 19.0. The molecule has 0 saturated carbocycles. The lowest BCUT2D eigenvalue weighted by Gasteiger charge is -2.22. The van der Waals surface area contributed by atoms with E-state index in [2.05, 4.69) is 40.7 Å². The molecule has 3 amide bonds. The first-order valence-corrected chi connectivity index (χ1v) is 8.79. The van der Waals surface area contributed by atoms with Crippen LogP contribution in [0.1, 0.15) is 23.6 Å². The molecule has 2 aliphatic rings. The van der Waals surface area contributed by atoms with Crippen LogP contribution in [-0.4, -0.2) is 11.9 Å². The maximum absolute atomic E-state index is 12.7. The van der Waals surface area contributed by atoms with E-state index in [1.807, 2.05) is 30.3 Å². The number of nitrogens with one attached hydrogen (secondary N) is 3. The second-order valence-corrected chi connectivity index (χ2v) is 6.65. The van der Waals surface area contributed by atoms with Crippen molar-refractivity contribution >= 4 is 11.9 Å². The molecule has 4 rings (SSSR count). The molecule has 0 radical (unpaired) electrons. The van der Waals surface area contributed by atoms with Gasteiger partial charge in [-0.1, -0.05) is 55.1 Å². The van der Waals surface area contributed by atoms with E-state index in [0.29, 0.717) is 0 Å². The van der Waals surface area contributed by atoms with Gasteiger partial charge >= 0.3 is 6.03 Å². The highest BCUT2D eigenvalue weighted by molar-refractivity contribution is 6.00. The van der Waals surface area contributed by atoms with Crippen LogP contribution in [0.2, 0.25) is 0 Å². The fourth-order valence-electron chi connectivity index (χ4n) is 3.67. The summed E-state index contributed by atoms with van der Waals surface area (Å²) in [7, 11) is 0. The largest absolute Gasteiger partial charge is 0.395 e. The van der Waals surface area contributed by atoms with Gasteiger partial charge in [0, 0.05) is 0 Å². The number of fused-ring (bicyclic) bond motifs is 1. The highest BCUT2D eigenvalue weighted by Crippen LogP contribution is 2.37. The Balaban J connectivity index is 1.61. The Morgan fingerprint density at radius 1 is 1.11 bits per heavy atom. The average molecular weight is 360 g/mol. The fourth-order valence-corrected chi connectivity index (χ4v) is 3.67. The molecule has 6 nitrogen and oxygen atoms in total. The van der Waals surface area contributed by atoms with Crippen molar-refractivity contribution in [3.05, 3.63) is 83.3 Å². The van der Waals surface area contributed by atoms with Gasteiger partial charge in [-0.25, -0.2) is 4.79 Å². The van der Waals surface area contributed by atoms with Crippen molar-refractivity contribution in [2.45, 2.75) is 18.9 Å². The molecule has 1 atom stereocenters. The molecule has 0 aromatic heterocycles. The van der Waals surface area contributed by atoms with Gasteiger partial charge in [0.15, 0.2) is 0 Å². The van der Waals surface area contributed by atoms with Crippen molar-refractivity contribution in [3.8, 4) is 11.1 Å². The highest BCUT2D eigenvalue weighted by atomic mass is 16.2. The minimum absolute atomic E-state index is 0.0383. The molecule has 0 spiro atoms. The third-order valence-corrected chi connectivity index (χ3v) is 4.99. The minimum Gasteiger partial charge on any atom is -0.395 e. The molecular weight excluding hydrogens is 340 g/mol. The molecule has 136 valence electrons. The number of nitrogens with two attached hydrogens (primary N) is 1. The Morgan fingerprint density at radius 2 is 1.89 bits per heavy atom. The van der Waals surface area contributed by atoms with Gasteiger partial charge in [-0.15, -0.1) is 0 Å². The summed E-state index contributed by atoms with van der Waals surface area (Å²) < 4.78 is 0. The molecule has 1 heterocycles. The lowest BCUT2D eigenvalue weighted by Crippen LogP contribution is -2.47. The highest BCUT2D eigenvalue weighted by Gasteiger charge is 2.30. The normalized spacial score (nSPS) is 18.6. The van der Waals surface area contributed by atoms with E-state index in [1.54, 1.807) is 0 Å². The first-order chi connectivity index (χ1) is 13.0. The van der Waals surface area contributed by atoms with Gasteiger partial charge in [-0.2, -0.15) is 0 Å². The number of urea groups is 1. The first kappa shape index (κ1) is 16.9. The topological polar surface area (TPSA) is 96.2 Å². The molecular formula is C21H20N4O2. The zero-order valence-corrected chi connectivity index (χ0v) is 14.7. The van der Waals surface area contributed by atoms with Crippen molar-refractivity contribution in [3.63, 3.8) is 0 Å². The van der Waals surface area contributed by atoms with Gasteiger partial charge in [0.25, 0.3) is 5.91 Å². The number of amides is 3. The summed E-state index contributed by atoms with van der Waals surface area (Å²) in [5, 5.41) is 7.90. The minimum atomic E-state index is -0.516. The summed E-state index contributed by atoms with van der Waals surface area (Å²) in [5.41, 5.74) is 11.0. The molecule has 1 aliphatic heterocycles. The molecule has 2 aromatic carbocycles. The van der Waals surface area contributed by atoms with E-state index in [-0.39, 0.29) is 23.1 Å². The number of hydrogen-bond acceptors (Lipinski definition) is 3. The summed E-state index contributed by atoms with van der Waals surface area (Å²) in [6.45, 7) is 3.66. The van der Waals surface area contributed by atoms with Gasteiger partial charge in [0.2, 0.25) is 0 Å². The number of hydrogen-bond donors (Lipinski definition) is 4. The number of benzene rings is 2. The van der Waals surface area contributed by atoms with Gasteiger partial charge in [0.1, 0.15) is 5.70 Å². The Hall–Kier alpha value is -3.54. The lowest BCUT2D eigenvalue weighted by molar-refractivity contribution is -0.118. The summed E-state index contributed by atoms with van der Waals surface area (Å²) in [6.07, 6.45) is 1.67. The Bertz CT molecular complexity index is 979. The Labute approximate surface area is 157 Å². The molecule has 0 fully saturated rings. The Morgan fingerprint density at radius 3 is 2.67 bits per heavy atom. The predicted octanol–water partition coefficient (Wildman–Crippen LogP) is 2.45. The second kappa shape index (κ2) is 6.64. The second-order valence-electron chi connectivity index (χ2n) is 6.65. The van der Waals surface area contributed by atoms with Gasteiger partial charge in [-0.05, 0) is 35.1 Å². The monoisotopic (exact) mass is 360 g/mol. The Kier molecular flexibility index (Phi) is 4.16. The zero-order valence-electron chi connectivity index (χ0n) is 14.7.